The van der Waals surface area contributed by atoms with E-state index in [4.69, 9.17) is 0 Å². The first-order chi connectivity index (χ1) is 15.8. The van der Waals surface area contributed by atoms with Crippen molar-refractivity contribution in [2.45, 2.75) is 20.8 Å². The molecule has 0 aliphatic carbocycles. The number of ketones is 1. The molecule has 1 fully saturated rings. The number of anilines is 3. The number of nitrogens with one attached hydrogen (secondary N) is 1. The van der Waals surface area contributed by atoms with E-state index >= 15 is 0 Å². The minimum Gasteiger partial charge on any atom is -0.366 e. The van der Waals surface area contributed by atoms with Crippen molar-refractivity contribution >= 4 is 28.8 Å². The summed E-state index contributed by atoms with van der Waals surface area (Å²) in [4.78, 5) is 28.6. The molecule has 1 aliphatic rings. The summed E-state index contributed by atoms with van der Waals surface area (Å²) >= 11 is 0. The van der Waals surface area contributed by atoms with Crippen molar-refractivity contribution < 1.29 is 14.0 Å². The Balaban J connectivity index is 1.47. The Bertz CT molecular complexity index is 1200. The minimum absolute atomic E-state index is 0.0459. The van der Waals surface area contributed by atoms with Gasteiger partial charge in [0.15, 0.2) is 5.78 Å². The molecular formula is C27H28FN3O2. The molecule has 3 aromatic rings. The highest BCUT2D eigenvalue weighted by Crippen LogP contribution is 2.27. The smallest absolute Gasteiger partial charge is 0.256 e. The number of halogens is 1. The average molecular weight is 446 g/mol. The van der Waals surface area contributed by atoms with Crippen LogP contribution in [0.4, 0.5) is 21.5 Å². The molecule has 170 valence electrons. The standard InChI is InChI=1S/C27H28FN3O2/c1-18-7-6-10-24(19(18)2)29-25-9-5-4-8-22(25)27(33)31-15-13-30(14-16-31)26-12-11-21(20(3)32)17-23(26)28/h4-12,17,29H,13-16H2,1-3H3. The molecule has 0 unspecified atom stereocenters. The van der Waals surface area contributed by atoms with Crippen LogP contribution in [0.1, 0.15) is 38.8 Å². The zero-order chi connectivity index (χ0) is 23.5. The van der Waals surface area contributed by atoms with Crippen molar-refractivity contribution in [3.8, 4) is 0 Å². The van der Waals surface area contributed by atoms with Crippen molar-refractivity contribution in [2.75, 3.05) is 36.4 Å². The van der Waals surface area contributed by atoms with Crippen molar-refractivity contribution in [1.82, 2.24) is 4.90 Å². The Hall–Kier alpha value is -3.67. The van der Waals surface area contributed by atoms with Gasteiger partial charge in [0, 0.05) is 37.4 Å². The summed E-state index contributed by atoms with van der Waals surface area (Å²) in [7, 11) is 0. The van der Waals surface area contributed by atoms with E-state index in [1.807, 2.05) is 46.2 Å². The first-order valence-corrected chi connectivity index (χ1v) is 11.1. The van der Waals surface area contributed by atoms with Crippen LogP contribution in [0.15, 0.2) is 60.7 Å². The molecule has 1 N–H and O–H groups in total. The summed E-state index contributed by atoms with van der Waals surface area (Å²) in [6.07, 6.45) is 0. The van der Waals surface area contributed by atoms with Gasteiger partial charge in [0.05, 0.1) is 16.9 Å². The number of benzene rings is 3. The third-order valence-electron chi connectivity index (χ3n) is 6.29. The second kappa shape index (κ2) is 9.45. The highest BCUT2D eigenvalue weighted by Gasteiger charge is 2.25. The van der Waals surface area contributed by atoms with E-state index < -0.39 is 5.82 Å². The second-order valence-corrected chi connectivity index (χ2v) is 8.42. The fourth-order valence-corrected chi connectivity index (χ4v) is 4.11. The normalized spacial score (nSPS) is 13.7. The molecule has 3 aromatic carbocycles. The van der Waals surface area contributed by atoms with Gasteiger partial charge in [-0.15, -0.1) is 0 Å². The molecule has 1 aliphatic heterocycles. The van der Waals surface area contributed by atoms with Crippen LogP contribution >= 0.6 is 0 Å². The first-order valence-electron chi connectivity index (χ1n) is 11.1. The Morgan fingerprint density at radius 3 is 2.27 bits per heavy atom. The molecule has 33 heavy (non-hydrogen) atoms. The van der Waals surface area contributed by atoms with Gasteiger partial charge in [-0.25, -0.2) is 4.39 Å². The summed E-state index contributed by atoms with van der Waals surface area (Å²) in [5.41, 5.74) is 5.51. The number of carbonyl (C=O) groups is 2. The quantitative estimate of drug-likeness (QED) is 0.538. The number of nitrogens with zero attached hydrogens (tertiary/aromatic N) is 2. The number of para-hydroxylation sites is 1. The van der Waals surface area contributed by atoms with Crippen molar-refractivity contribution in [3.05, 3.63) is 88.7 Å². The van der Waals surface area contributed by atoms with Gasteiger partial charge in [0.25, 0.3) is 5.91 Å². The molecule has 6 heteroatoms. The summed E-state index contributed by atoms with van der Waals surface area (Å²) in [5.74, 6) is -0.620. The zero-order valence-electron chi connectivity index (χ0n) is 19.2. The van der Waals surface area contributed by atoms with E-state index in [0.717, 1.165) is 16.9 Å². The fraction of sp³-hybridized carbons (Fsp3) is 0.259. The van der Waals surface area contributed by atoms with E-state index in [0.29, 0.717) is 43.0 Å². The van der Waals surface area contributed by atoms with Crippen molar-refractivity contribution in [3.63, 3.8) is 0 Å². The Morgan fingerprint density at radius 1 is 0.879 bits per heavy atom. The molecule has 0 aromatic heterocycles. The number of carbonyl (C=O) groups excluding carboxylic acids is 2. The van der Waals surface area contributed by atoms with Crippen LogP contribution in [0.3, 0.4) is 0 Å². The van der Waals surface area contributed by atoms with Crippen LogP contribution in [0.2, 0.25) is 0 Å². The third-order valence-corrected chi connectivity index (χ3v) is 6.29. The number of hydrogen-bond donors (Lipinski definition) is 1. The molecule has 0 radical (unpaired) electrons. The van der Waals surface area contributed by atoms with E-state index in [2.05, 4.69) is 25.2 Å². The predicted octanol–water partition coefficient (Wildman–Crippen LogP) is 5.35. The summed E-state index contributed by atoms with van der Waals surface area (Å²) in [5, 5.41) is 3.42. The molecule has 0 saturated carbocycles. The zero-order valence-corrected chi connectivity index (χ0v) is 19.2. The third kappa shape index (κ3) is 4.75. The number of aryl methyl sites for hydroxylation is 1. The summed E-state index contributed by atoms with van der Waals surface area (Å²) in [6, 6.07) is 18.2. The Labute approximate surface area is 193 Å². The molecule has 4 rings (SSSR count). The minimum atomic E-state index is -0.412. The first kappa shape index (κ1) is 22.5. The van der Waals surface area contributed by atoms with Crippen molar-refractivity contribution in [1.29, 1.82) is 0 Å². The van der Waals surface area contributed by atoms with Gasteiger partial charge in [-0.2, -0.15) is 0 Å². The average Bonchev–Trinajstić information content (AvgIpc) is 2.82. The molecule has 1 amide bonds. The summed E-state index contributed by atoms with van der Waals surface area (Å²) in [6.45, 7) is 7.57. The van der Waals surface area contributed by atoms with Crippen LogP contribution in [-0.4, -0.2) is 42.8 Å². The Kier molecular flexibility index (Phi) is 6.45. The molecule has 0 atom stereocenters. The van der Waals surface area contributed by atoms with E-state index in [9.17, 15) is 14.0 Å². The van der Waals surface area contributed by atoms with Crippen LogP contribution < -0.4 is 10.2 Å². The van der Waals surface area contributed by atoms with Crippen molar-refractivity contribution in [2.24, 2.45) is 0 Å². The van der Waals surface area contributed by atoms with Gasteiger partial charge in [0.2, 0.25) is 0 Å². The Morgan fingerprint density at radius 2 is 1.58 bits per heavy atom. The van der Waals surface area contributed by atoms with Crippen LogP contribution in [-0.2, 0) is 0 Å². The van der Waals surface area contributed by atoms with Crippen LogP contribution in [0.25, 0.3) is 0 Å². The molecule has 0 bridgehead atoms. The largest absolute Gasteiger partial charge is 0.366 e. The SMILES string of the molecule is CC(=O)c1ccc(N2CCN(C(=O)c3ccccc3Nc3cccc(C)c3C)CC2)c(F)c1. The van der Waals surface area contributed by atoms with Gasteiger partial charge < -0.3 is 15.1 Å². The van der Waals surface area contributed by atoms with Gasteiger partial charge in [-0.3, -0.25) is 9.59 Å². The van der Waals surface area contributed by atoms with Crippen LogP contribution in [0.5, 0.6) is 0 Å². The van der Waals surface area contributed by atoms with E-state index in [-0.39, 0.29) is 11.7 Å². The topological polar surface area (TPSA) is 52.7 Å². The van der Waals surface area contributed by atoms with E-state index in [1.165, 1.54) is 18.6 Å². The number of Topliss-reactive ketones (excluding diaryl/α,β-unsaturated/α-hetero) is 1. The fourth-order valence-electron chi connectivity index (χ4n) is 4.11. The number of piperazine rings is 1. The number of amides is 1. The van der Waals surface area contributed by atoms with Gasteiger partial charge in [-0.1, -0.05) is 24.3 Å². The number of rotatable bonds is 5. The lowest BCUT2D eigenvalue weighted by molar-refractivity contribution is 0.0747. The molecule has 5 nitrogen and oxygen atoms in total. The van der Waals surface area contributed by atoms with Crippen LogP contribution in [0, 0.1) is 19.7 Å². The second-order valence-electron chi connectivity index (χ2n) is 8.42. The lowest BCUT2D eigenvalue weighted by Gasteiger charge is -2.36. The lowest BCUT2D eigenvalue weighted by atomic mass is 10.1. The van der Waals surface area contributed by atoms with Gasteiger partial charge in [-0.05, 0) is 68.3 Å². The lowest BCUT2D eigenvalue weighted by Crippen LogP contribution is -2.49. The molecule has 1 saturated heterocycles. The number of hydrogen-bond acceptors (Lipinski definition) is 4. The predicted molar refractivity (Wildman–Crippen MR) is 130 cm³/mol. The van der Waals surface area contributed by atoms with E-state index in [1.54, 1.807) is 12.1 Å². The molecule has 0 spiro atoms. The monoisotopic (exact) mass is 445 g/mol. The molecule has 1 heterocycles. The molecular weight excluding hydrogens is 417 g/mol. The van der Waals surface area contributed by atoms with Gasteiger partial charge >= 0.3 is 0 Å². The van der Waals surface area contributed by atoms with Gasteiger partial charge in [0.1, 0.15) is 5.82 Å². The highest BCUT2D eigenvalue weighted by molar-refractivity contribution is 6.00. The highest BCUT2D eigenvalue weighted by atomic mass is 19.1. The maximum atomic E-state index is 14.6. The maximum absolute atomic E-state index is 14.6. The summed E-state index contributed by atoms with van der Waals surface area (Å²) < 4.78 is 14.6. The maximum Gasteiger partial charge on any atom is 0.256 e.